The Morgan fingerprint density at radius 2 is 1.62 bits per heavy atom. The molecule has 4 rings (SSSR count). The van der Waals surface area contributed by atoms with Gasteiger partial charge < -0.3 is 14.8 Å². The minimum atomic E-state index is -0.0771. The minimum Gasteiger partial charge on any atom is -0.354 e. The number of rotatable bonds is 10. The smallest absolute Gasteiger partial charge is 0.240 e. The van der Waals surface area contributed by atoms with E-state index in [4.69, 9.17) is 4.98 Å². The number of para-hydroxylation sites is 3. The molecule has 0 saturated heterocycles. The van der Waals surface area contributed by atoms with Crippen molar-refractivity contribution in [3.8, 4) is 0 Å². The van der Waals surface area contributed by atoms with E-state index < -0.39 is 0 Å². The van der Waals surface area contributed by atoms with Gasteiger partial charge in [-0.15, -0.1) is 0 Å². The fourth-order valence-corrected chi connectivity index (χ4v) is 4.71. The molecule has 0 bridgehead atoms. The molecule has 2 amide bonds. The lowest BCUT2D eigenvalue weighted by Gasteiger charge is -2.20. The van der Waals surface area contributed by atoms with E-state index in [1.165, 1.54) is 17.3 Å². The zero-order valence-electron chi connectivity index (χ0n) is 19.2. The van der Waals surface area contributed by atoms with Gasteiger partial charge in [0.2, 0.25) is 11.8 Å². The van der Waals surface area contributed by atoms with Gasteiger partial charge in [-0.25, -0.2) is 4.98 Å². The molecule has 0 aliphatic heterocycles. The second kappa shape index (κ2) is 11.5. The maximum absolute atomic E-state index is 13.0. The highest BCUT2D eigenvalue weighted by atomic mass is 32.2. The number of amides is 2. The zero-order valence-corrected chi connectivity index (χ0v) is 20.0. The zero-order chi connectivity index (χ0) is 23.8. The van der Waals surface area contributed by atoms with Gasteiger partial charge in [0.15, 0.2) is 5.16 Å². The van der Waals surface area contributed by atoms with Crippen LogP contribution < -0.4 is 10.2 Å². The third-order valence-electron chi connectivity index (χ3n) is 5.51. The highest BCUT2D eigenvalue weighted by Gasteiger charge is 2.18. The van der Waals surface area contributed by atoms with Crippen LogP contribution in [0.15, 0.2) is 90.1 Å². The molecule has 3 aromatic carbocycles. The Kier molecular flexibility index (Phi) is 7.99. The van der Waals surface area contributed by atoms with Gasteiger partial charge in [-0.1, -0.05) is 72.4 Å². The third-order valence-corrected chi connectivity index (χ3v) is 6.47. The maximum Gasteiger partial charge on any atom is 0.240 e. The standard InChI is InChI=1S/C27H28N4O2S/c1-2-30(22-13-7-4-8-14-22)26(33)20-34-27-29-23-15-9-10-16-24(23)31(27)19-25(32)28-18-17-21-11-5-3-6-12-21/h3-16H,2,17-20H2,1H3,(H,28,32). The molecular weight excluding hydrogens is 444 g/mol. The molecule has 0 saturated carbocycles. The number of carbonyl (C=O) groups excluding carboxylic acids is 2. The summed E-state index contributed by atoms with van der Waals surface area (Å²) in [5.74, 6) is 0.165. The number of nitrogens with zero attached hydrogens (tertiary/aromatic N) is 3. The van der Waals surface area contributed by atoms with E-state index in [1.807, 2.05) is 84.3 Å². The monoisotopic (exact) mass is 472 g/mol. The van der Waals surface area contributed by atoms with E-state index >= 15 is 0 Å². The number of carbonyl (C=O) groups is 2. The molecule has 34 heavy (non-hydrogen) atoms. The molecule has 0 unspecified atom stereocenters. The summed E-state index contributed by atoms with van der Waals surface area (Å²) in [6.07, 6.45) is 0.777. The topological polar surface area (TPSA) is 67.2 Å². The van der Waals surface area contributed by atoms with Crippen molar-refractivity contribution in [2.24, 2.45) is 0 Å². The second-order valence-electron chi connectivity index (χ2n) is 7.82. The first-order valence-electron chi connectivity index (χ1n) is 11.4. The van der Waals surface area contributed by atoms with Crippen LogP contribution in [0.2, 0.25) is 0 Å². The molecule has 7 heteroatoms. The van der Waals surface area contributed by atoms with Crippen LogP contribution >= 0.6 is 11.8 Å². The van der Waals surface area contributed by atoms with E-state index in [2.05, 4.69) is 17.4 Å². The summed E-state index contributed by atoms with van der Waals surface area (Å²) < 4.78 is 1.89. The van der Waals surface area contributed by atoms with E-state index in [0.29, 0.717) is 18.2 Å². The molecule has 1 heterocycles. The van der Waals surface area contributed by atoms with Crippen LogP contribution in [0.4, 0.5) is 5.69 Å². The predicted molar refractivity (Wildman–Crippen MR) is 138 cm³/mol. The van der Waals surface area contributed by atoms with Crippen molar-refractivity contribution in [3.63, 3.8) is 0 Å². The molecule has 0 radical (unpaired) electrons. The summed E-state index contributed by atoms with van der Waals surface area (Å²) in [7, 11) is 0. The van der Waals surface area contributed by atoms with E-state index in [-0.39, 0.29) is 24.1 Å². The molecule has 0 aliphatic carbocycles. The van der Waals surface area contributed by atoms with Crippen LogP contribution in [0.5, 0.6) is 0 Å². The first-order chi connectivity index (χ1) is 16.7. The Labute approximate surface area is 204 Å². The average molecular weight is 473 g/mol. The van der Waals surface area contributed by atoms with Gasteiger partial charge >= 0.3 is 0 Å². The number of thioether (sulfide) groups is 1. The summed E-state index contributed by atoms with van der Waals surface area (Å²) in [4.78, 5) is 32.2. The SMILES string of the molecule is CCN(C(=O)CSc1nc2ccccc2n1CC(=O)NCCc1ccccc1)c1ccccc1. The van der Waals surface area contributed by atoms with Crippen molar-refractivity contribution < 1.29 is 9.59 Å². The summed E-state index contributed by atoms with van der Waals surface area (Å²) in [5.41, 5.74) is 3.75. The lowest BCUT2D eigenvalue weighted by atomic mass is 10.1. The van der Waals surface area contributed by atoms with Gasteiger partial charge in [-0.3, -0.25) is 9.59 Å². The number of hydrogen-bond acceptors (Lipinski definition) is 4. The number of aromatic nitrogens is 2. The fourth-order valence-electron chi connectivity index (χ4n) is 3.82. The second-order valence-corrected chi connectivity index (χ2v) is 8.76. The number of fused-ring (bicyclic) bond motifs is 1. The summed E-state index contributed by atoms with van der Waals surface area (Å²) in [5, 5.41) is 3.67. The Bertz CT molecular complexity index is 1240. The van der Waals surface area contributed by atoms with Gasteiger partial charge in [-0.05, 0) is 43.2 Å². The quantitative estimate of drug-likeness (QED) is 0.344. The number of benzene rings is 3. The van der Waals surface area contributed by atoms with Crippen molar-refractivity contribution in [2.45, 2.75) is 25.0 Å². The van der Waals surface area contributed by atoms with Crippen LogP contribution in [-0.4, -0.2) is 40.2 Å². The van der Waals surface area contributed by atoms with Gasteiger partial charge in [0.05, 0.1) is 16.8 Å². The number of anilines is 1. The molecule has 0 spiro atoms. The highest BCUT2D eigenvalue weighted by molar-refractivity contribution is 7.99. The van der Waals surface area contributed by atoms with Crippen molar-refractivity contribution in [3.05, 3.63) is 90.5 Å². The number of imidazole rings is 1. The molecule has 4 aromatic rings. The molecule has 1 aromatic heterocycles. The van der Waals surface area contributed by atoms with Crippen molar-refractivity contribution in [2.75, 3.05) is 23.7 Å². The van der Waals surface area contributed by atoms with Crippen LogP contribution in [-0.2, 0) is 22.6 Å². The Hall–Kier alpha value is -3.58. The van der Waals surface area contributed by atoms with Crippen LogP contribution in [0.25, 0.3) is 11.0 Å². The van der Waals surface area contributed by atoms with Gasteiger partial charge in [0, 0.05) is 18.8 Å². The molecule has 6 nitrogen and oxygen atoms in total. The number of hydrogen-bond donors (Lipinski definition) is 1. The molecule has 0 fully saturated rings. The normalized spacial score (nSPS) is 10.9. The lowest BCUT2D eigenvalue weighted by Crippen LogP contribution is -2.32. The van der Waals surface area contributed by atoms with Crippen molar-refractivity contribution in [1.82, 2.24) is 14.9 Å². The van der Waals surface area contributed by atoms with Crippen molar-refractivity contribution >= 4 is 40.3 Å². The van der Waals surface area contributed by atoms with Gasteiger partial charge in [0.1, 0.15) is 6.54 Å². The molecular formula is C27H28N4O2S. The van der Waals surface area contributed by atoms with E-state index in [1.54, 1.807) is 4.90 Å². The Morgan fingerprint density at radius 1 is 0.941 bits per heavy atom. The lowest BCUT2D eigenvalue weighted by molar-refractivity contribution is -0.121. The summed E-state index contributed by atoms with van der Waals surface area (Å²) in [6.45, 7) is 3.27. The third kappa shape index (κ3) is 5.85. The molecule has 174 valence electrons. The number of nitrogens with one attached hydrogen (secondary N) is 1. The first-order valence-corrected chi connectivity index (χ1v) is 12.4. The van der Waals surface area contributed by atoms with E-state index in [9.17, 15) is 9.59 Å². The highest BCUT2D eigenvalue weighted by Crippen LogP contribution is 2.25. The minimum absolute atomic E-state index is 0.00428. The summed E-state index contributed by atoms with van der Waals surface area (Å²) >= 11 is 1.36. The van der Waals surface area contributed by atoms with Gasteiger partial charge in [0.25, 0.3) is 0 Å². The largest absolute Gasteiger partial charge is 0.354 e. The van der Waals surface area contributed by atoms with Crippen molar-refractivity contribution in [1.29, 1.82) is 0 Å². The fraction of sp³-hybridized carbons (Fsp3) is 0.222. The van der Waals surface area contributed by atoms with Crippen LogP contribution in [0, 0.1) is 0 Å². The predicted octanol–water partition coefficient (Wildman–Crippen LogP) is 4.54. The first kappa shape index (κ1) is 23.6. The van der Waals surface area contributed by atoms with Crippen LogP contribution in [0.3, 0.4) is 0 Å². The average Bonchev–Trinajstić information content (AvgIpc) is 3.21. The maximum atomic E-state index is 13.0. The summed E-state index contributed by atoms with van der Waals surface area (Å²) in [6, 6.07) is 27.5. The van der Waals surface area contributed by atoms with Gasteiger partial charge in [-0.2, -0.15) is 0 Å². The molecule has 0 aliphatic rings. The van der Waals surface area contributed by atoms with Crippen LogP contribution in [0.1, 0.15) is 12.5 Å². The Balaban J connectivity index is 1.43. The van der Waals surface area contributed by atoms with E-state index in [0.717, 1.165) is 23.1 Å². The Morgan fingerprint density at radius 3 is 2.35 bits per heavy atom. The molecule has 0 atom stereocenters. The molecule has 1 N–H and O–H groups in total.